The van der Waals surface area contributed by atoms with Gasteiger partial charge in [-0.15, -0.1) is 0 Å². The van der Waals surface area contributed by atoms with E-state index in [1.807, 2.05) is 24.3 Å². The first-order valence-corrected chi connectivity index (χ1v) is 13.2. The number of thiol groups is 1. The molecule has 13 nitrogen and oxygen atoms in total. The van der Waals surface area contributed by atoms with Crippen LogP contribution in [-0.2, 0) is 36.8 Å². The van der Waals surface area contributed by atoms with E-state index in [1.54, 1.807) is 6.20 Å². The lowest BCUT2D eigenvalue weighted by Crippen LogP contribution is -2.58. The van der Waals surface area contributed by atoms with Gasteiger partial charge in [0.2, 0.25) is 17.7 Å². The second-order valence-corrected chi connectivity index (χ2v) is 9.71. The predicted molar refractivity (Wildman–Crippen MR) is 151 cm³/mol. The summed E-state index contributed by atoms with van der Waals surface area (Å²) in [6.07, 6.45) is 0.688. The number of hydrogen-bond donors (Lipinski definition) is 9. The number of aromatic nitrogens is 1. The number of hydrogen-bond acceptors (Lipinski definition) is 8. The average molecular weight is 586 g/mol. The van der Waals surface area contributed by atoms with Crippen LogP contribution in [0.15, 0.2) is 54.7 Å². The standard InChI is InChI=1S/C27H31N5O8S/c28-18(13-41)24(36)30-21(10-15-12-29-19-4-2-1-3-17(15)19)26(38)31-20(9-14-5-7-16(33)8-6-14)25(37)32-22(27(39)40)11-23(34)35/h1-8,12,18,20-22,29,33,41H,9-11,13,28H2,(H,30,36)(H,31,38)(H,32,37)(H,34,35)(H,39,40). The summed E-state index contributed by atoms with van der Waals surface area (Å²) in [6.45, 7) is 0. The van der Waals surface area contributed by atoms with Crippen molar-refractivity contribution in [2.45, 2.75) is 43.4 Å². The van der Waals surface area contributed by atoms with Gasteiger partial charge in [-0.3, -0.25) is 19.2 Å². The van der Waals surface area contributed by atoms with Gasteiger partial charge in [0.1, 0.15) is 23.9 Å². The highest BCUT2D eigenvalue weighted by Crippen LogP contribution is 2.19. The second-order valence-electron chi connectivity index (χ2n) is 9.34. The van der Waals surface area contributed by atoms with Crippen molar-refractivity contribution < 1.29 is 39.3 Å². The van der Waals surface area contributed by atoms with Gasteiger partial charge < -0.3 is 42.0 Å². The Bertz CT molecular complexity index is 1410. The molecule has 0 saturated heterocycles. The quantitative estimate of drug-likeness (QED) is 0.115. The predicted octanol–water partition coefficient (Wildman–Crippen LogP) is -0.0705. The molecule has 3 amide bonds. The molecule has 3 aromatic rings. The SMILES string of the molecule is NC(CS)C(=O)NC(Cc1c[nH]c2ccccc12)C(=O)NC(Cc1ccc(O)cc1)C(=O)NC(CC(=O)O)C(=O)O. The molecule has 4 atom stereocenters. The fourth-order valence-electron chi connectivity index (χ4n) is 4.09. The number of carboxylic acid groups (broad SMARTS) is 2. The summed E-state index contributed by atoms with van der Waals surface area (Å²) in [5.74, 6) is -5.40. The number of aliphatic carboxylic acids is 2. The highest BCUT2D eigenvalue weighted by Gasteiger charge is 2.31. The number of benzene rings is 2. The lowest BCUT2D eigenvalue weighted by molar-refractivity contribution is -0.147. The number of carbonyl (C=O) groups excluding carboxylic acids is 3. The molecule has 0 radical (unpaired) electrons. The first-order valence-electron chi connectivity index (χ1n) is 12.5. The van der Waals surface area contributed by atoms with Crippen molar-refractivity contribution in [3.8, 4) is 5.75 Å². The van der Waals surface area contributed by atoms with E-state index >= 15 is 0 Å². The minimum atomic E-state index is -1.76. The van der Waals surface area contributed by atoms with E-state index in [1.165, 1.54) is 24.3 Å². The molecule has 1 heterocycles. The molecule has 2 aromatic carbocycles. The highest BCUT2D eigenvalue weighted by atomic mass is 32.1. The maximum atomic E-state index is 13.6. The van der Waals surface area contributed by atoms with Crippen molar-refractivity contribution in [1.29, 1.82) is 0 Å². The Hall–Kier alpha value is -4.56. The molecule has 0 bridgehead atoms. The first-order chi connectivity index (χ1) is 19.5. The number of carbonyl (C=O) groups is 5. The third-order valence-corrected chi connectivity index (χ3v) is 6.66. The van der Waals surface area contributed by atoms with Crippen LogP contribution < -0.4 is 21.7 Å². The molecule has 218 valence electrons. The number of aromatic amines is 1. The molecule has 0 aliphatic rings. The molecule has 0 saturated carbocycles. The molecule has 14 heteroatoms. The van der Waals surface area contributed by atoms with Gasteiger partial charge in [0.25, 0.3) is 0 Å². The molecule has 1 aromatic heterocycles. The largest absolute Gasteiger partial charge is 0.508 e. The van der Waals surface area contributed by atoms with Gasteiger partial charge in [-0.2, -0.15) is 12.6 Å². The smallest absolute Gasteiger partial charge is 0.326 e. The van der Waals surface area contributed by atoms with Crippen LogP contribution in [0.3, 0.4) is 0 Å². The van der Waals surface area contributed by atoms with Crippen LogP contribution in [0.1, 0.15) is 17.5 Å². The molecule has 0 fully saturated rings. The molecule has 41 heavy (non-hydrogen) atoms. The van der Waals surface area contributed by atoms with E-state index in [0.717, 1.165) is 10.9 Å². The number of H-pyrrole nitrogens is 1. The topological polar surface area (TPSA) is 224 Å². The lowest BCUT2D eigenvalue weighted by atomic mass is 10.0. The van der Waals surface area contributed by atoms with Crippen LogP contribution in [0.25, 0.3) is 10.9 Å². The van der Waals surface area contributed by atoms with Gasteiger partial charge in [0, 0.05) is 35.7 Å². The Morgan fingerprint density at radius 1 is 0.829 bits per heavy atom. The van der Waals surface area contributed by atoms with Gasteiger partial charge in [-0.05, 0) is 29.3 Å². The lowest BCUT2D eigenvalue weighted by Gasteiger charge is -2.25. The summed E-state index contributed by atoms with van der Waals surface area (Å²) in [5, 5.41) is 36.2. The fourth-order valence-corrected chi connectivity index (χ4v) is 4.25. The third kappa shape index (κ3) is 8.71. The van der Waals surface area contributed by atoms with Crippen LogP contribution in [-0.4, -0.2) is 79.9 Å². The van der Waals surface area contributed by atoms with Crippen molar-refractivity contribution in [1.82, 2.24) is 20.9 Å². The van der Waals surface area contributed by atoms with Gasteiger partial charge in [-0.25, -0.2) is 4.79 Å². The maximum Gasteiger partial charge on any atom is 0.326 e. The van der Waals surface area contributed by atoms with Crippen molar-refractivity contribution >= 4 is 53.2 Å². The van der Waals surface area contributed by atoms with Crippen LogP contribution in [0, 0.1) is 0 Å². The molecule has 0 aliphatic heterocycles. The summed E-state index contributed by atoms with van der Waals surface area (Å²) in [4.78, 5) is 65.2. The van der Waals surface area contributed by atoms with E-state index in [4.69, 9.17) is 10.8 Å². The van der Waals surface area contributed by atoms with Crippen molar-refractivity contribution in [2.75, 3.05) is 5.75 Å². The van der Waals surface area contributed by atoms with Crippen LogP contribution in [0.4, 0.5) is 0 Å². The third-order valence-electron chi connectivity index (χ3n) is 6.27. The number of nitrogens with two attached hydrogens (primary N) is 1. The molecule has 4 unspecified atom stereocenters. The van der Waals surface area contributed by atoms with Gasteiger partial charge in [0.05, 0.1) is 12.5 Å². The molecular weight excluding hydrogens is 554 g/mol. The monoisotopic (exact) mass is 585 g/mol. The Morgan fingerprint density at radius 2 is 1.41 bits per heavy atom. The fraction of sp³-hybridized carbons (Fsp3) is 0.296. The van der Waals surface area contributed by atoms with Crippen molar-refractivity contribution in [3.05, 3.63) is 65.9 Å². The number of phenols is 1. The molecular formula is C27H31N5O8S. The van der Waals surface area contributed by atoms with E-state index < -0.39 is 60.2 Å². The molecule has 9 N–H and O–H groups in total. The minimum absolute atomic E-state index is 0.0132. The van der Waals surface area contributed by atoms with E-state index in [2.05, 4.69) is 33.6 Å². The Labute approximate surface area is 239 Å². The van der Waals surface area contributed by atoms with Gasteiger partial charge >= 0.3 is 11.9 Å². The van der Waals surface area contributed by atoms with E-state index in [9.17, 15) is 34.2 Å². The maximum absolute atomic E-state index is 13.6. The number of rotatable bonds is 14. The Balaban J connectivity index is 1.90. The van der Waals surface area contributed by atoms with E-state index in [-0.39, 0.29) is 24.3 Å². The minimum Gasteiger partial charge on any atom is -0.508 e. The van der Waals surface area contributed by atoms with Gasteiger partial charge in [0.15, 0.2) is 0 Å². The zero-order valence-electron chi connectivity index (χ0n) is 21.7. The van der Waals surface area contributed by atoms with E-state index in [0.29, 0.717) is 11.1 Å². The van der Waals surface area contributed by atoms with Crippen LogP contribution in [0.2, 0.25) is 0 Å². The number of phenolic OH excluding ortho intramolecular Hbond substituents is 1. The first kappa shape index (κ1) is 31.0. The molecule has 0 aliphatic carbocycles. The number of aromatic hydroxyl groups is 1. The zero-order valence-corrected chi connectivity index (χ0v) is 22.6. The summed E-state index contributed by atoms with van der Waals surface area (Å²) in [7, 11) is 0. The number of para-hydroxylation sites is 1. The Kier molecular flexibility index (Phi) is 10.7. The highest BCUT2D eigenvalue weighted by molar-refractivity contribution is 7.80. The summed E-state index contributed by atoms with van der Waals surface area (Å²) < 4.78 is 0. The summed E-state index contributed by atoms with van der Waals surface area (Å²) in [6, 6.07) is 7.75. The average Bonchev–Trinajstić information content (AvgIpc) is 3.34. The zero-order chi connectivity index (χ0) is 30.1. The molecule has 0 spiro atoms. The van der Waals surface area contributed by atoms with Crippen LogP contribution in [0.5, 0.6) is 5.75 Å². The molecule has 3 rings (SSSR count). The number of nitrogens with one attached hydrogen (secondary N) is 4. The van der Waals surface area contributed by atoms with Gasteiger partial charge in [-0.1, -0.05) is 30.3 Å². The van der Waals surface area contributed by atoms with Crippen molar-refractivity contribution in [3.63, 3.8) is 0 Å². The summed E-state index contributed by atoms with van der Waals surface area (Å²) in [5.41, 5.74) is 7.81. The second kappa shape index (κ2) is 14.2. The number of fused-ring (bicyclic) bond motifs is 1. The summed E-state index contributed by atoms with van der Waals surface area (Å²) >= 11 is 4.03. The van der Waals surface area contributed by atoms with Crippen molar-refractivity contribution in [2.24, 2.45) is 5.73 Å². The number of amides is 3. The number of carboxylic acids is 2. The Morgan fingerprint density at radius 3 is 2.02 bits per heavy atom. The van der Waals surface area contributed by atoms with Crippen LogP contribution >= 0.6 is 12.6 Å². The normalized spacial score (nSPS) is 13.9.